The van der Waals surface area contributed by atoms with Crippen LogP contribution in [0.5, 0.6) is 0 Å². The van der Waals surface area contributed by atoms with Crippen LogP contribution in [0.15, 0.2) is 0 Å². The van der Waals surface area contributed by atoms with E-state index in [-0.39, 0.29) is 17.9 Å². The van der Waals surface area contributed by atoms with Crippen LogP contribution in [-0.4, -0.2) is 67.5 Å². The molecule has 3 aliphatic rings. The van der Waals surface area contributed by atoms with Crippen LogP contribution >= 0.6 is 0 Å². The molecule has 0 aromatic heterocycles. The predicted octanol–water partition coefficient (Wildman–Crippen LogP) is 1.57. The maximum atomic E-state index is 13.3. The summed E-state index contributed by atoms with van der Waals surface area (Å²) in [6.45, 7) is 5.23. The summed E-state index contributed by atoms with van der Waals surface area (Å²) in [7, 11) is -3.35. The van der Waals surface area contributed by atoms with E-state index in [1.165, 1.54) is 0 Å². The topological polar surface area (TPSA) is 69.7 Å². The van der Waals surface area contributed by atoms with Gasteiger partial charge in [0.05, 0.1) is 5.25 Å². The first-order valence-corrected chi connectivity index (χ1v) is 11.5. The van der Waals surface area contributed by atoms with Crippen LogP contribution in [0.2, 0.25) is 0 Å². The Kier molecular flexibility index (Phi) is 6.39. The van der Waals surface area contributed by atoms with Gasteiger partial charge in [0, 0.05) is 44.7 Å². The lowest BCUT2D eigenvalue weighted by Gasteiger charge is -2.40. The molecule has 6 nitrogen and oxygen atoms in total. The highest BCUT2D eigenvalue weighted by Gasteiger charge is 2.41. The quantitative estimate of drug-likeness (QED) is 0.796. The molecule has 0 aromatic rings. The first-order valence-electron chi connectivity index (χ1n) is 10.0. The van der Waals surface area contributed by atoms with E-state index in [4.69, 9.17) is 0 Å². The zero-order chi connectivity index (χ0) is 17.9. The molecule has 3 fully saturated rings. The second-order valence-electron chi connectivity index (χ2n) is 7.83. The number of hydrogen-bond acceptors (Lipinski definition) is 4. The second-order valence-corrected chi connectivity index (χ2v) is 10.00. The maximum absolute atomic E-state index is 13.3. The van der Waals surface area contributed by atoms with Crippen LogP contribution in [0.3, 0.4) is 0 Å². The van der Waals surface area contributed by atoms with Crippen molar-refractivity contribution < 1.29 is 13.2 Å². The van der Waals surface area contributed by atoms with Crippen molar-refractivity contribution in [1.82, 2.24) is 14.5 Å². The van der Waals surface area contributed by atoms with Crippen molar-refractivity contribution in [2.24, 2.45) is 5.92 Å². The van der Waals surface area contributed by atoms with E-state index < -0.39 is 15.3 Å². The molecular weight excluding hydrogens is 338 g/mol. The number of hydrogen-bond donors (Lipinski definition) is 1. The molecule has 2 aliphatic heterocycles. The molecule has 7 heteroatoms. The second kappa shape index (κ2) is 8.35. The average molecular weight is 372 g/mol. The van der Waals surface area contributed by atoms with E-state index in [9.17, 15) is 13.2 Å². The van der Waals surface area contributed by atoms with Crippen molar-refractivity contribution in [1.29, 1.82) is 0 Å². The molecule has 2 atom stereocenters. The largest absolute Gasteiger partial charge is 0.341 e. The molecule has 1 saturated carbocycles. The smallest absolute Gasteiger partial charge is 0.225 e. The average Bonchev–Trinajstić information content (AvgIpc) is 3.16. The van der Waals surface area contributed by atoms with Gasteiger partial charge in [-0.2, -0.15) is 4.31 Å². The number of nitrogens with one attached hydrogen (secondary N) is 1. The fraction of sp³-hybridized carbons (Fsp3) is 0.944. The normalized spacial score (nSPS) is 29.9. The van der Waals surface area contributed by atoms with Gasteiger partial charge in [-0.25, -0.2) is 8.42 Å². The number of carbonyl (C=O) groups excluding carboxylic acids is 1. The Balaban J connectivity index is 1.69. The van der Waals surface area contributed by atoms with Gasteiger partial charge in [-0.05, 0) is 32.1 Å². The fourth-order valence-corrected chi connectivity index (χ4v) is 6.82. The van der Waals surface area contributed by atoms with E-state index in [0.717, 1.165) is 64.6 Å². The minimum absolute atomic E-state index is 0.0599. The van der Waals surface area contributed by atoms with Crippen molar-refractivity contribution in [3.8, 4) is 0 Å². The molecule has 0 aromatic carbocycles. The Labute approximate surface area is 152 Å². The number of carbonyl (C=O) groups is 1. The van der Waals surface area contributed by atoms with Crippen molar-refractivity contribution in [3.05, 3.63) is 0 Å². The Bertz CT molecular complexity index is 558. The number of piperidine rings is 1. The number of piperazine rings is 1. The van der Waals surface area contributed by atoms with Crippen LogP contribution in [0.25, 0.3) is 0 Å². The third kappa shape index (κ3) is 4.19. The highest BCUT2D eigenvalue weighted by molar-refractivity contribution is 7.89. The Hall–Kier alpha value is -0.660. The molecule has 144 valence electrons. The van der Waals surface area contributed by atoms with Gasteiger partial charge in [-0.3, -0.25) is 4.79 Å². The summed E-state index contributed by atoms with van der Waals surface area (Å²) in [6, 6.07) is 0.0599. The van der Waals surface area contributed by atoms with Gasteiger partial charge in [-0.15, -0.1) is 0 Å². The van der Waals surface area contributed by atoms with Crippen molar-refractivity contribution in [3.63, 3.8) is 0 Å². The molecule has 2 saturated heterocycles. The summed E-state index contributed by atoms with van der Waals surface area (Å²) < 4.78 is 28.3. The lowest BCUT2D eigenvalue weighted by Crippen LogP contribution is -2.58. The fourth-order valence-electron chi connectivity index (χ4n) is 4.66. The molecule has 2 unspecified atom stereocenters. The van der Waals surface area contributed by atoms with E-state index in [1.54, 1.807) is 4.31 Å². The highest BCUT2D eigenvalue weighted by atomic mass is 32.2. The van der Waals surface area contributed by atoms with Gasteiger partial charge in [0.15, 0.2) is 0 Å². The molecule has 2 heterocycles. The van der Waals surface area contributed by atoms with Gasteiger partial charge in [-0.1, -0.05) is 26.2 Å². The zero-order valence-corrected chi connectivity index (χ0v) is 16.3. The molecule has 1 N–H and O–H groups in total. The first-order chi connectivity index (χ1) is 12.0. The lowest BCUT2D eigenvalue weighted by molar-refractivity contribution is -0.136. The van der Waals surface area contributed by atoms with Crippen LogP contribution < -0.4 is 5.32 Å². The van der Waals surface area contributed by atoms with Crippen molar-refractivity contribution in [2.45, 2.75) is 69.6 Å². The van der Waals surface area contributed by atoms with Gasteiger partial charge < -0.3 is 10.2 Å². The third-order valence-corrected chi connectivity index (χ3v) is 8.42. The summed E-state index contributed by atoms with van der Waals surface area (Å²) in [5.74, 6) is 0.330. The summed E-state index contributed by atoms with van der Waals surface area (Å²) >= 11 is 0. The maximum Gasteiger partial charge on any atom is 0.225 e. The van der Waals surface area contributed by atoms with Gasteiger partial charge >= 0.3 is 0 Å². The van der Waals surface area contributed by atoms with Crippen LogP contribution in [0.1, 0.15) is 58.3 Å². The molecule has 1 amide bonds. The zero-order valence-electron chi connectivity index (χ0n) is 15.5. The Morgan fingerprint density at radius 3 is 2.60 bits per heavy atom. The molecule has 25 heavy (non-hydrogen) atoms. The van der Waals surface area contributed by atoms with E-state index in [0.29, 0.717) is 19.5 Å². The van der Waals surface area contributed by atoms with Crippen LogP contribution in [0, 0.1) is 5.92 Å². The minimum Gasteiger partial charge on any atom is -0.341 e. The highest BCUT2D eigenvalue weighted by Crippen LogP contribution is 2.29. The van der Waals surface area contributed by atoms with E-state index in [2.05, 4.69) is 12.2 Å². The minimum atomic E-state index is -3.35. The number of sulfonamides is 1. The summed E-state index contributed by atoms with van der Waals surface area (Å²) in [5.41, 5.74) is 0. The number of rotatable bonds is 5. The Morgan fingerprint density at radius 1 is 1.12 bits per heavy atom. The van der Waals surface area contributed by atoms with Gasteiger partial charge in [0.1, 0.15) is 0 Å². The monoisotopic (exact) mass is 371 g/mol. The van der Waals surface area contributed by atoms with Crippen LogP contribution in [0.4, 0.5) is 0 Å². The molecular formula is C18H33N3O3S. The number of nitrogens with zero attached hydrogens (tertiary/aromatic N) is 2. The molecule has 0 radical (unpaired) electrons. The predicted molar refractivity (Wildman–Crippen MR) is 98.8 cm³/mol. The summed E-state index contributed by atoms with van der Waals surface area (Å²) in [5, 5.41) is 2.89. The van der Waals surface area contributed by atoms with E-state index >= 15 is 0 Å². The molecule has 0 bridgehead atoms. The Morgan fingerprint density at radius 2 is 1.88 bits per heavy atom. The number of amides is 1. The number of likely N-dealkylation sites (tertiary alicyclic amines) is 1. The van der Waals surface area contributed by atoms with Crippen molar-refractivity contribution >= 4 is 15.9 Å². The molecule has 3 rings (SSSR count). The first kappa shape index (κ1) is 19.1. The lowest BCUT2D eigenvalue weighted by atomic mass is 10.0. The standard InChI is InChI=1S/C18H33N3O3S/c1-2-6-16-13-19-10-12-21(16)25(23,24)17-9-5-11-20(14-17)18(22)15-7-3-4-8-15/h15-17,19H,2-14H2,1H3. The third-order valence-electron chi connectivity index (χ3n) is 6.06. The summed E-state index contributed by atoms with van der Waals surface area (Å²) in [4.78, 5) is 14.6. The van der Waals surface area contributed by atoms with Crippen LogP contribution in [-0.2, 0) is 14.8 Å². The van der Waals surface area contributed by atoms with Gasteiger partial charge in [0.2, 0.25) is 15.9 Å². The SMILES string of the molecule is CCCC1CNCCN1S(=O)(=O)C1CCCN(C(=O)C2CCCC2)C1. The molecule has 0 spiro atoms. The van der Waals surface area contributed by atoms with E-state index in [1.807, 2.05) is 4.90 Å². The molecule has 1 aliphatic carbocycles. The van der Waals surface area contributed by atoms with Crippen molar-refractivity contribution in [2.75, 3.05) is 32.7 Å². The van der Waals surface area contributed by atoms with Gasteiger partial charge in [0.25, 0.3) is 0 Å². The summed E-state index contributed by atoms with van der Waals surface area (Å²) in [6.07, 6.45) is 7.56.